The highest BCUT2D eigenvalue weighted by molar-refractivity contribution is 8.01. The van der Waals surface area contributed by atoms with Gasteiger partial charge in [0.05, 0.1) is 11.0 Å². The Hall–Kier alpha value is -1.37. The molecule has 0 bridgehead atoms. The smallest absolute Gasteiger partial charge is 0.294 e. The molecule has 1 atom stereocenters. The topological polar surface area (TPSA) is 63.4 Å². The summed E-state index contributed by atoms with van der Waals surface area (Å²) in [6, 6.07) is 10.9. The molecule has 0 amide bonds. The molecule has 0 saturated heterocycles. The van der Waals surface area contributed by atoms with Crippen LogP contribution in [0.5, 0.6) is 0 Å². The monoisotopic (exact) mass is 281 g/mol. The van der Waals surface area contributed by atoms with Gasteiger partial charge in [0, 0.05) is 15.8 Å². The maximum Gasteiger partial charge on any atom is 0.294 e. The van der Waals surface area contributed by atoms with Crippen molar-refractivity contribution in [1.29, 1.82) is 0 Å². The van der Waals surface area contributed by atoms with E-state index in [0.29, 0.717) is 9.09 Å². The predicted molar refractivity (Wildman–Crippen MR) is 72.2 cm³/mol. The van der Waals surface area contributed by atoms with Crippen LogP contribution in [-0.2, 0) is 0 Å². The SMILES string of the molecule is C[C@H](O)c1cc([N+](=O)[O-])c(Sc2ccccc2)s1. The number of rotatable bonds is 4. The van der Waals surface area contributed by atoms with Crippen LogP contribution in [-0.4, -0.2) is 10.0 Å². The standard InChI is InChI=1S/C12H11NO3S2/c1-8(14)11-7-10(13(15)16)12(18-11)17-9-5-3-2-4-6-9/h2-8,14H,1H3/t8-/m0/s1. The van der Waals surface area contributed by atoms with Crippen LogP contribution in [0.3, 0.4) is 0 Å². The average Bonchev–Trinajstić information content (AvgIpc) is 2.74. The first kappa shape index (κ1) is 13.1. The molecule has 1 aromatic heterocycles. The second-order valence-electron chi connectivity index (χ2n) is 3.67. The normalized spacial score (nSPS) is 12.3. The summed E-state index contributed by atoms with van der Waals surface area (Å²) in [6.07, 6.45) is -0.682. The summed E-state index contributed by atoms with van der Waals surface area (Å²) >= 11 is 2.61. The van der Waals surface area contributed by atoms with Crippen molar-refractivity contribution in [2.24, 2.45) is 0 Å². The summed E-state index contributed by atoms with van der Waals surface area (Å²) < 4.78 is 0.599. The molecule has 4 nitrogen and oxygen atoms in total. The predicted octanol–water partition coefficient (Wildman–Crippen LogP) is 3.86. The van der Waals surface area contributed by atoms with Gasteiger partial charge in [0.15, 0.2) is 0 Å². The van der Waals surface area contributed by atoms with Gasteiger partial charge in [-0.3, -0.25) is 10.1 Å². The molecule has 1 aromatic carbocycles. The van der Waals surface area contributed by atoms with Crippen LogP contribution in [0.15, 0.2) is 45.5 Å². The quantitative estimate of drug-likeness (QED) is 0.682. The van der Waals surface area contributed by atoms with Crippen molar-refractivity contribution in [3.63, 3.8) is 0 Å². The van der Waals surface area contributed by atoms with Gasteiger partial charge in [0.2, 0.25) is 0 Å². The molecule has 0 radical (unpaired) electrons. The molecule has 0 fully saturated rings. The highest BCUT2D eigenvalue weighted by Gasteiger charge is 2.21. The zero-order chi connectivity index (χ0) is 13.1. The fraction of sp³-hybridized carbons (Fsp3) is 0.167. The number of nitro groups is 1. The van der Waals surface area contributed by atoms with Crippen LogP contribution in [0.2, 0.25) is 0 Å². The third kappa shape index (κ3) is 2.90. The third-order valence-corrected chi connectivity index (χ3v) is 4.75. The van der Waals surface area contributed by atoms with Crippen molar-refractivity contribution in [3.8, 4) is 0 Å². The summed E-state index contributed by atoms with van der Waals surface area (Å²) in [5.74, 6) is 0. The first-order chi connectivity index (χ1) is 8.58. The molecule has 1 N–H and O–H groups in total. The number of nitrogens with zero attached hydrogens (tertiary/aromatic N) is 1. The number of thiophene rings is 1. The molecule has 6 heteroatoms. The minimum atomic E-state index is -0.682. The second-order valence-corrected chi connectivity index (χ2v) is 6.10. The van der Waals surface area contributed by atoms with Gasteiger partial charge in [-0.15, -0.1) is 11.3 Å². The van der Waals surface area contributed by atoms with Gasteiger partial charge >= 0.3 is 0 Å². The van der Waals surface area contributed by atoms with E-state index in [1.54, 1.807) is 6.92 Å². The zero-order valence-electron chi connectivity index (χ0n) is 9.57. The lowest BCUT2D eigenvalue weighted by atomic mass is 10.3. The molecule has 2 rings (SSSR count). The molecule has 0 aliphatic rings. The molecule has 0 aliphatic carbocycles. The molecule has 1 heterocycles. The van der Waals surface area contributed by atoms with Crippen molar-refractivity contribution < 1.29 is 10.0 Å². The Balaban J connectivity index is 2.34. The van der Waals surface area contributed by atoms with E-state index in [1.165, 1.54) is 29.2 Å². The van der Waals surface area contributed by atoms with E-state index in [-0.39, 0.29) is 5.69 Å². The molecular formula is C12H11NO3S2. The van der Waals surface area contributed by atoms with Crippen LogP contribution in [0.25, 0.3) is 0 Å². The summed E-state index contributed by atoms with van der Waals surface area (Å²) in [4.78, 5) is 12.1. The number of aliphatic hydroxyl groups excluding tert-OH is 1. The Morgan fingerprint density at radius 1 is 1.39 bits per heavy atom. The van der Waals surface area contributed by atoms with Crippen LogP contribution in [0.4, 0.5) is 5.69 Å². The Labute approximate surface area is 112 Å². The van der Waals surface area contributed by atoms with E-state index in [9.17, 15) is 15.2 Å². The Kier molecular flexibility index (Phi) is 4.00. The first-order valence-corrected chi connectivity index (χ1v) is 6.90. The second kappa shape index (κ2) is 5.51. The van der Waals surface area contributed by atoms with Crippen molar-refractivity contribution >= 4 is 28.8 Å². The first-order valence-electron chi connectivity index (χ1n) is 5.27. The van der Waals surface area contributed by atoms with Crippen molar-refractivity contribution in [2.45, 2.75) is 22.1 Å². The highest BCUT2D eigenvalue weighted by Crippen LogP contribution is 2.42. The highest BCUT2D eigenvalue weighted by atomic mass is 32.2. The lowest BCUT2D eigenvalue weighted by molar-refractivity contribution is -0.387. The van der Waals surface area contributed by atoms with Crippen LogP contribution in [0.1, 0.15) is 17.9 Å². The Bertz CT molecular complexity index is 552. The average molecular weight is 281 g/mol. The number of hydrogen-bond acceptors (Lipinski definition) is 5. The van der Waals surface area contributed by atoms with Crippen LogP contribution >= 0.6 is 23.1 Å². The Morgan fingerprint density at radius 3 is 2.61 bits per heavy atom. The molecule has 2 aromatic rings. The Morgan fingerprint density at radius 2 is 2.06 bits per heavy atom. The lowest BCUT2D eigenvalue weighted by Gasteiger charge is -1.98. The molecule has 94 valence electrons. The fourth-order valence-electron chi connectivity index (χ4n) is 1.38. The van der Waals surface area contributed by atoms with Gasteiger partial charge in [-0.1, -0.05) is 30.0 Å². The van der Waals surface area contributed by atoms with Crippen molar-refractivity contribution in [3.05, 3.63) is 51.4 Å². The summed E-state index contributed by atoms with van der Waals surface area (Å²) in [7, 11) is 0. The minimum absolute atomic E-state index is 0.0600. The fourth-order valence-corrected chi connectivity index (χ4v) is 3.67. The molecule has 0 spiro atoms. The molecule has 0 saturated carbocycles. The van der Waals surface area contributed by atoms with E-state index < -0.39 is 11.0 Å². The number of benzene rings is 1. The molecule has 0 unspecified atom stereocenters. The van der Waals surface area contributed by atoms with Crippen molar-refractivity contribution in [1.82, 2.24) is 0 Å². The molecular weight excluding hydrogens is 270 g/mol. The van der Waals surface area contributed by atoms with Gasteiger partial charge in [0.25, 0.3) is 5.69 Å². The molecule has 18 heavy (non-hydrogen) atoms. The van der Waals surface area contributed by atoms with Crippen LogP contribution < -0.4 is 0 Å². The number of aliphatic hydroxyl groups is 1. The van der Waals surface area contributed by atoms with Gasteiger partial charge in [0.1, 0.15) is 4.21 Å². The van der Waals surface area contributed by atoms with Gasteiger partial charge in [-0.05, 0) is 19.1 Å². The summed E-state index contributed by atoms with van der Waals surface area (Å²) in [5, 5.41) is 20.5. The van der Waals surface area contributed by atoms with Crippen molar-refractivity contribution in [2.75, 3.05) is 0 Å². The lowest BCUT2D eigenvalue weighted by Crippen LogP contribution is -1.87. The largest absolute Gasteiger partial charge is 0.388 e. The van der Waals surface area contributed by atoms with Gasteiger partial charge in [-0.2, -0.15) is 0 Å². The molecule has 0 aliphatic heterocycles. The van der Waals surface area contributed by atoms with E-state index in [2.05, 4.69) is 0 Å². The maximum absolute atomic E-state index is 11.0. The van der Waals surface area contributed by atoms with E-state index >= 15 is 0 Å². The van der Waals surface area contributed by atoms with Gasteiger partial charge < -0.3 is 5.11 Å². The van der Waals surface area contributed by atoms with Gasteiger partial charge in [-0.25, -0.2) is 0 Å². The zero-order valence-corrected chi connectivity index (χ0v) is 11.2. The number of hydrogen-bond donors (Lipinski definition) is 1. The third-order valence-electron chi connectivity index (χ3n) is 2.26. The minimum Gasteiger partial charge on any atom is -0.388 e. The summed E-state index contributed by atoms with van der Waals surface area (Å²) in [5.41, 5.74) is 0.0600. The van der Waals surface area contributed by atoms with E-state index in [1.807, 2.05) is 30.3 Å². The summed E-state index contributed by atoms with van der Waals surface area (Å²) in [6.45, 7) is 1.60. The maximum atomic E-state index is 11.0. The van der Waals surface area contributed by atoms with Crippen LogP contribution in [0, 0.1) is 10.1 Å². The van der Waals surface area contributed by atoms with E-state index in [0.717, 1.165) is 4.90 Å². The van der Waals surface area contributed by atoms with E-state index in [4.69, 9.17) is 0 Å².